The molecule has 0 radical (unpaired) electrons. The molecule has 3 aromatic heterocycles. The molecule has 8 heteroatoms. The predicted octanol–water partition coefficient (Wildman–Crippen LogP) is 2.14. The molecule has 1 saturated heterocycles. The van der Waals surface area contributed by atoms with Crippen molar-refractivity contribution in [3.8, 4) is 5.75 Å². The Balaban J connectivity index is 1.39. The minimum absolute atomic E-state index is 0.221. The Kier molecular flexibility index (Phi) is 4.85. The summed E-state index contributed by atoms with van der Waals surface area (Å²) >= 11 is 0. The molecule has 1 fully saturated rings. The first-order valence-electron chi connectivity index (χ1n) is 9.47. The van der Waals surface area contributed by atoms with Gasteiger partial charge in [0.25, 0.3) is 5.91 Å². The number of rotatable bonds is 5. The van der Waals surface area contributed by atoms with E-state index >= 15 is 0 Å². The van der Waals surface area contributed by atoms with Gasteiger partial charge in [-0.3, -0.25) is 9.78 Å². The minimum Gasteiger partial charge on any atom is -0.493 e. The van der Waals surface area contributed by atoms with Crippen molar-refractivity contribution in [2.75, 3.05) is 24.6 Å². The van der Waals surface area contributed by atoms with Gasteiger partial charge in [-0.05, 0) is 38.7 Å². The molecule has 0 bridgehead atoms. The first kappa shape index (κ1) is 18.2. The Labute approximate surface area is 163 Å². The number of aryl methyl sites for hydroxylation is 2. The van der Waals surface area contributed by atoms with E-state index in [-0.39, 0.29) is 5.69 Å². The van der Waals surface area contributed by atoms with Crippen molar-refractivity contribution in [2.24, 2.45) is 11.7 Å². The number of aromatic nitrogens is 4. The molecule has 0 unspecified atom stereocenters. The van der Waals surface area contributed by atoms with Gasteiger partial charge in [-0.15, -0.1) is 0 Å². The Bertz CT molecular complexity index is 1010. The highest BCUT2D eigenvalue weighted by Crippen LogP contribution is 2.25. The van der Waals surface area contributed by atoms with Crippen LogP contribution in [-0.2, 0) is 0 Å². The molecule has 0 aromatic carbocycles. The molecule has 0 aliphatic carbocycles. The maximum atomic E-state index is 11.2. The number of nitrogens with zero attached hydrogens (tertiary/aromatic N) is 5. The van der Waals surface area contributed by atoms with Crippen molar-refractivity contribution in [3.63, 3.8) is 0 Å². The van der Waals surface area contributed by atoms with Gasteiger partial charge in [0.15, 0.2) is 5.65 Å². The van der Waals surface area contributed by atoms with Crippen molar-refractivity contribution in [1.29, 1.82) is 0 Å². The van der Waals surface area contributed by atoms with Crippen LogP contribution in [0.3, 0.4) is 0 Å². The van der Waals surface area contributed by atoms with Crippen molar-refractivity contribution < 1.29 is 9.53 Å². The summed E-state index contributed by atoms with van der Waals surface area (Å²) < 4.78 is 7.81. The summed E-state index contributed by atoms with van der Waals surface area (Å²) in [5, 5.41) is 4.59. The van der Waals surface area contributed by atoms with E-state index in [1.807, 2.05) is 24.4 Å². The van der Waals surface area contributed by atoms with E-state index in [1.54, 1.807) is 18.3 Å². The van der Waals surface area contributed by atoms with Gasteiger partial charge in [-0.1, -0.05) is 0 Å². The average Bonchev–Trinajstić information content (AvgIpc) is 3.06. The number of nitrogens with two attached hydrogens (primary N) is 1. The SMILES string of the molecule is Cc1cc(N2CCC(COc3ccnc(C(N)=O)c3)CC2)n2nc(C)cc2n1. The molecule has 0 spiro atoms. The van der Waals surface area contributed by atoms with Gasteiger partial charge >= 0.3 is 0 Å². The van der Waals surface area contributed by atoms with Crippen molar-refractivity contribution in [2.45, 2.75) is 26.7 Å². The summed E-state index contributed by atoms with van der Waals surface area (Å²) in [6.45, 7) is 6.49. The highest BCUT2D eigenvalue weighted by Gasteiger charge is 2.22. The van der Waals surface area contributed by atoms with Crippen LogP contribution in [0.25, 0.3) is 5.65 Å². The molecule has 4 heterocycles. The lowest BCUT2D eigenvalue weighted by molar-refractivity contribution is 0.0995. The summed E-state index contributed by atoms with van der Waals surface area (Å²) in [6, 6.07) is 7.44. The van der Waals surface area contributed by atoms with E-state index in [0.717, 1.165) is 48.8 Å². The summed E-state index contributed by atoms with van der Waals surface area (Å²) in [4.78, 5) is 22.1. The molecular formula is C20H24N6O2. The van der Waals surface area contributed by atoms with Gasteiger partial charge in [-0.2, -0.15) is 9.61 Å². The molecular weight excluding hydrogens is 356 g/mol. The zero-order valence-corrected chi connectivity index (χ0v) is 16.1. The number of pyridine rings is 1. The first-order chi connectivity index (χ1) is 13.5. The number of primary amides is 1. The highest BCUT2D eigenvalue weighted by atomic mass is 16.5. The fraction of sp³-hybridized carbons (Fsp3) is 0.400. The zero-order valence-electron chi connectivity index (χ0n) is 16.1. The lowest BCUT2D eigenvalue weighted by Crippen LogP contribution is -2.36. The molecule has 1 aliphatic rings. The van der Waals surface area contributed by atoms with E-state index in [4.69, 9.17) is 10.5 Å². The molecule has 3 aromatic rings. The second-order valence-corrected chi connectivity index (χ2v) is 7.29. The number of carbonyl (C=O) groups excluding carboxylic acids is 1. The van der Waals surface area contributed by atoms with Crippen molar-refractivity contribution in [3.05, 3.63) is 47.5 Å². The van der Waals surface area contributed by atoms with Crippen LogP contribution in [0.1, 0.15) is 34.7 Å². The lowest BCUT2D eigenvalue weighted by Gasteiger charge is -2.33. The van der Waals surface area contributed by atoms with Gasteiger partial charge < -0.3 is 15.4 Å². The summed E-state index contributed by atoms with van der Waals surface area (Å²) in [5.41, 5.74) is 8.34. The molecule has 0 saturated carbocycles. The molecule has 8 nitrogen and oxygen atoms in total. The molecule has 1 aliphatic heterocycles. The van der Waals surface area contributed by atoms with E-state index in [9.17, 15) is 4.79 Å². The second-order valence-electron chi connectivity index (χ2n) is 7.29. The van der Waals surface area contributed by atoms with E-state index < -0.39 is 5.91 Å². The smallest absolute Gasteiger partial charge is 0.267 e. The van der Waals surface area contributed by atoms with Gasteiger partial charge in [0.05, 0.1) is 12.3 Å². The van der Waals surface area contributed by atoms with Crippen LogP contribution >= 0.6 is 0 Å². The number of hydrogen-bond acceptors (Lipinski definition) is 6. The minimum atomic E-state index is -0.549. The number of ether oxygens (including phenoxy) is 1. The Hall–Kier alpha value is -3.16. The van der Waals surface area contributed by atoms with E-state index in [2.05, 4.69) is 26.0 Å². The zero-order chi connectivity index (χ0) is 19.7. The quantitative estimate of drug-likeness (QED) is 0.728. The largest absolute Gasteiger partial charge is 0.493 e. The maximum Gasteiger partial charge on any atom is 0.267 e. The number of anilines is 1. The van der Waals surface area contributed by atoms with Crippen molar-refractivity contribution in [1.82, 2.24) is 19.6 Å². The summed E-state index contributed by atoms with van der Waals surface area (Å²) in [7, 11) is 0. The molecule has 4 rings (SSSR count). The Morgan fingerprint density at radius 1 is 1.21 bits per heavy atom. The van der Waals surface area contributed by atoms with Crippen LogP contribution in [0.15, 0.2) is 30.5 Å². The van der Waals surface area contributed by atoms with Crippen LogP contribution < -0.4 is 15.4 Å². The fourth-order valence-corrected chi connectivity index (χ4v) is 3.60. The Morgan fingerprint density at radius 2 is 2.00 bits per heavy atom. The number of piperidine rings is 1. The average molecular weight is 380 g/mol. The molecule has 28 heavy (non-hydrogen) atoms. The molecule has 0 atom stereocenters. The van der Waals surface area contributed by atoms with Crippen molar-refractivity contribution >= 4 is 17.4 Å². The number of amides is 1. The molecule has 146 valence electrons. The lowest BCUT2D eigenvalue weighted by atomic mass is 9.98. The normalized spacial score (nSPS) is 15.1. The predicted molar refractivity (Wildman–Crippen MR) is 106 cm³/mol. The molecule has 1 amide bonds. The topological polar surface area (TPSA) is 98.6 Å². The molecule has 2 N–H and O–H groups in total. The van der Waals surface area contributed by atoms with Crippen LogP contribution in [0, 0.1) is 19.8 Å². The fourth-order valence-electron chi connectivity index (χ4n) is 3.60. The van der Waals surface area contributed by atoms with E-state index in [0.29, 0.717) is 18.3 Å². The van der Waals surface area contributed by atoms with Gasteiger partial charge in [0, 0.05) is 43.2 Å². The maximum absolute atomic E-state index is 11.2. The third-order valence-corrected chi connectivity index (χ3v) is 5.07. The summed E-state index contributed by atoms with van der Waals surface area (Å²) in [6.07, 6.45) is 3.59. The Morgan fingerprint density at radius 3 is 2.75 bits per heavy atom. The number of hydrogen-bond donors (Lipinski definition) is 1. The number of fused-ring (bicyclic) bond motifs is 1. The van der Waals surface area contributed by atoms with E-state index in [1.165, 1.54) is 0 Å². The van der Waals surface area contributed by atoms with Gasteiger partial charge in [-0.25, -0.2) is 4.98 Å². The second kappa shape index (κ2) is 7.46. The monoisotopic (exact) mass is 380 g/mol. The highest BCUT2D eigenvalue weighted by molar-refractivity contribution is 5.91. The van der Waals surface area contributed by atoms with Crippen LogP contribution in [0.4, 0.5) is 5.82 Å². The van der Waals surface area contributed by atoms with Crippen LogP contribution in [0.5, 0.6) is 5.75 Å². The van der Waals surface area contributed by atoms with Gasteiger partial charge in [0.1, 0.15) is 17.3 Å². The summed E-state index contributed by atoms with van der Waals surface area (Å²) in [5.74, 6) is 1.63. The number of carbonyl (C=O) groups is 1. The third kappa shape index (κ3) is 3.76. The first-order valence-corrected chi connectivity index (χ1v) is 9.47. The van der Waals surface area contributed by atoms with Gasteiger partial charge in [0.2, 0.25) is 0 Å². The van der Waals surface area contributed by atoms with Crippen LogP contribution in [-0.4, -0.2) is 45.2 Å². The standard InChI is InChI=1S/C20H24N6O2/c1-13-10-19(26-18(23-13)9-14(2)24-26)25-7-4-15(5-8-25)12-28-16-3-6-22-17(11-16)20(21)27/h3,6,9-11,15H,4-5,7-8,12H2,1-2H3,(H2,21,27). The third-order valence-electron chi connectivity index (χ3n) is 5.07. The van der Waals surface area contributed by atoms with Crippen LogP contribution in [0.2, 0.25) is 0 Å².